The molecule has 2 aliphatic heterocycles. The summed E-state index contributed by atoms with van der Waals surface area (Å²) in [5.41, 5.74) is 15.1. The average Bonchev–Trinajstić information content (AvgIpc) is 4.04. The average molecular weight is 859 g/mol. The van der Waals surface area contributed by atoms with Gasteiger partial charge in [-0.25, -0.2) is 0 Å². The van der Waals surface area contributed by atoms with Crippen molar-refractivity contribution in [2.45, 2.75) is 0 Å². The van der Waals surface area contributed by atoms with E-state index in [0.717, 1.165) is 45.3 Å². The van der Waals surface area contributed by atoms with Crippen LogP contribution >= 0.6 is 11.3 Å². The summed E-state index contributed by atoms with van der Waals surface area (Å²) in [5, 5.41) is 7.46. The highest BCUT2D eigenvalue weighted by molar-refractivity contribution is 7.26. The number of benzene rings is 10. The number of para-hydroxylation sites is 6. The molecule has 0 spiro atoms. The van der Waals surface area contributed by atoms with Crippen molar-refractivity contribution in [3.63, 3.8) is 0 Å². The van der Waals surface area contributed by atoms with E-state index >= 15 is 0 Å². The summed E-state index contributed by atoms with van der Waals surface area (Å²) in [6.07, 6.45) is 0. The number of aromatic nitrogens is 2. The molecule has 0 unspecified atom stereocenters. The fourth-order valence-electron chi connectivity index (χ4n) is 11.3. The molecule has 0 radical (unpaired) electrons. The molecule has 0 fully saturated rings. The molecule has 3 aromatic heterocycles. The molecular formula is C60H35BN2O2S. The van der Waals surface area contributed by atoms with Crippen LogP contribution in [0.15, 0.2) is 212 Å². The van der Waals surface area contributed by atoms with Crippen molar-refractivity contribution in [3.05, 3.63) is 212 Å². The minimum absolute atomic E-state index is 0.0493. The Hall–Kier alpha value is -8.32. The lowest BCUT2D eigenvalue weighted by Gasteiger charge is -2.33. The molecule has 66 heavy (non-hydrogen) atoms. The van der Waals surface area contributed by atoms with Gasteiger partial charge in [-0.1, -0.05) is 140 Å². The Balaban J connectivity index is 0.931. The Bertz CT molecular complexity index is 4130. The van der Waals surface area contributed by atoms with Gasteiger partial charge in [0, 0.05) is 58.4 Å². The predicted molar refractivity (Wildman–Crippen MR) is 277 cm³/mol. The Labute approximate surface area is 383 Å². The first-order chi connectivity index (χ1) is 32.7. The van der Waals surface area contributed by atoms with Gasteiger partial charge >= 0.3 is 0 Å². The van der Waals surface area contributed by atoms with Crippen molar-refractivity contribution >= 4 is 98.2 Å². The van der Waals surface area contributed by atoms with Crippen LogP contribution < -0.4 is 25.9 Å². The van der Waals surface area contributed by atoms with Crippen LogP contribution in [0.3, 0.4) is 0 Å². The van der Waals surface area contributed by atoms with Crippen LogP contribution in [0.5, 0.6) is 23.0 Å². The zero-order valence-corrected chi connectivity index (χ0v) is 36.2. The molecule has 4 nitrogen and oxygen atoms in total. The molecule has 0 bridgehead atoms. The van der Waals surface area contributed by atoms with Gasteiger partial charge < -0.3 is 18.6 Å². The van der Waals surface area contributed by atoms with E-state index in [2.05, 4.69) is 221 Å². The Morgan fingerprint density at radius 1 is 0.379 bits per heavy atom. The van der Waals surface area contributed by atoms with E-state index < -0.39 is 0 Å². The van der Waals surface area contributed by atoms with Crippen molar-refractivity contribution in [1.82, 2.24) is 9.13 Å². The summed E-state index contributed by atoms with van der Waals surface area (Å²) >= 11 is 1.85. The van der Waals surface area contributed by atoms with E-state index in [4.69, 9.17) is 9.47 Å². The molecule has 5 heterocycles. The van der Waals surface area contributed by atoms with Gasteiger partial charge in [0.25, 0.3) is 6.71 Å². The maximum Gasteiger partial charge on any atom is 0.260 e. The van der Waals surface area contributed by atoms with Crippen LogP contribution in [0.1, 0.15) is 0 Å². The largest absolute Gasteiger partial charge is 0.458 e. The van der Waals surface area contributed by atoms with E-state index in [1.165, 1.54) is 91.5 Å². The monoisotopic (exact) mass is 858 g/mol. The number of fused-ring (bicyclic) bond motifs is 13. The van der Waals surface area contributed by atoms with Gasteiger partial charge in [0.1, 0.15) is 23.0 Å². The van der Waals surface area contributed by atoms with Gasteiger partial charge in [-0.15, -0.1) is 11.3 Å². The van der Waals surface area contributed by atoms with E-state index in [0.29, 0.717) is 0 Å². The minimum atomic E-state index is 0.0493. The number of thiophene rings is 1. The van der Waals surface area contributed by atoms with E-state index in [1.54, 1.807) is 0 Å². The first-order valence-corrected chi connectivity index (χ1v) is 23.3. The summed E-state index contributed by atoms with van der Waals surface area (Å²) in [4.78, 5) is 0. The van der Waals surface area contributed by atoms with Gasteiger partial charge in [0.15, 0.2) is 0 Å². The van der Waals surface area contributed by atoms with Crippen molar-refractivity contribution in [2.24, 2.45) is 0 Å². The summed E-state index contributed by atoms with van der Waals surface area (Å²) in [7, 11) is 0. The number of rotatable bonds is 4. The van der Waals surface area contributed by atoms with Crippen LogP contribution in [0.25, 0.3) is 97.4 Å². The molecule has 6 heteroatoms. The topological polar surface area (TPSA) is 28.3 Å². The van der Waals surface area contributed by atoms with E-state index in [9.17, 15) is 0 Å². The van der Waals surface area contributed by atoms with Crippen LogP contribution in [0.2, 0.25) is 0 Å². The number of ether oxygens (including phenoxy) is 2. The van der Waals surface area contributed by atoms with Crippen LogP contribution in [0, 0.1) is 0 Å². The second-order valence-corrected chi connectivity index (χ2v) is 18.6. The first-order valence-electron chi connectivity index (χ1n) is 22.5. The van der Waals surface area contributed by atoms with Crippen LogP contribution in [-0.4, -0.2) is 15.8 Å². The highest BCUT2D eigenvalue weighted by Gasteiger charge is 2.40. The van der Waals surface area contributed by atoms with Crippen LogP contribution in [0.4, 0.5) is 0 Å². The second kappa shape index (κ2) is 13.6. The van der Waals surface area contributed by atoms with Gasteiger partial charge in [0.2, 0.25) is 0 Å². The smallest absolute Gasteiger partial charge is 0.260 e. The van der Waals surface area contributed by atoms with Gasteiger partial charge in [0.05, 0.1) is 27.8 Å². The maximum absolute atomic E-state index is 6.69. The number of hydrogen-bond acceptors (Lipinski definition) is 3. The molecule has 0 N–H and O–H groups in total. The second-order valence-electron chi connectivity index (χ2n) is 17.5. The molecule has 306 valence electrons. The zero-order valence-electron chi connectivity index (χ0n) is 35.4. The molecule has 15 rings (SSSR count). The fraction of sp³-hybridized carbons (Fsp3) is 0. The molecule has 0 atom stereocenters. The van der Waals surface area contributed by atoms with Crippen molar-refractivity contribution in [2.75, 3.05) is 0 Å². The van der Waals surface area contributed by atoms with Gasteiger partial charge in [-0.05, 0) is 100 Å². The van der Waals surface area contributed by atoms with Crippen molar-refractivity contribution < 1.29 is 9.47 Å². The summed E-state index contributed by atoms with van der Waals surface area (Å²) in [5.74, 6) is 3.49. The van der Waals surface area contributed by atoms with Crippen molar-refractivity contribution in [3.8, 4) is 56.6 Å². The quantitative estimate of drug-likeness (QED) is 0.165. The minimum Gasteiger partial charge on any atom is -0.458 e. The summed E-state index contributed by atoms with van der Waals surface area (Å²) in [6, 6.07) is 77.0. The lowest BCUT2D eigenvalue weighted by atomic mass is 9.35. The molecule has 0 saturated heterocycles. The summed E-state index contributed by atoms with van der Waals surface area (Å²) in [6.45, 7) is 0.0493. The lowest BCUT2D eigenvalue weighted by Crippen LogP contribution is -2.57. The molecule has 10 aromatic carbocycles. The third-order valence-corrected chi connectivity index (χ3v) is 15.2. The van der Waals surface area contributed by atoms with Crippen molar-refractivity contribution in [1.29, 1.82) is 0 Å². The fourth-order valence-corrected chi connectivity index (χ4v) is 12.5. The molecule has 0 saturated carbocycles. The lowest BCUT2D eigenvalue weighted by molar-refractivity contribution is 0.465. The standard InChI is InChI=1S/C60H35BN2O2S/c1-2-15-38(16-3-1)62-48-25-9-5-18-43(48)58-49(62)26-14-27-50(58)63-47-24-8-4-17-39(47)41-20-12-21-42(60(41)63)40-19-13-30-55-57(40)44-32-31-36(35-56(44)66-55)37-33-53-59-54(34-37)65-52-29-11-7-23-46(52)61(59)45-22-6-10-28-51(45)64-53/h1-35H. The summed E-state index contributed by atoms with van der Waals surface area (Å²) < 4.78 is 20.8. The SMILES string of the molecule is c1ccc(-n2c3ccccc3c3c(-n4c5ccccc5c5cccc(-c6cccc7sc8cc(-c9cc%10c%11c(c9)Oc9ccccc9B%11c9ccccc9O%10)ccc8c67)c54)cccc32)cc1. The molecule has 0 aliphatic carbocycles. The maximum atomic E-state index is 6.69. The number of hydrogen-bond donors (Lipinski definition) is 0. The molecular weight excluding hydrogens is 824 g/mol. The normalized spacial score (nSPS) is 12.8. The zero-order chi connectivity index (χ0) is 43.0. The first kappa shape index (κ1) is 36.1. The highest BCUT2D eigenvalue weighted by Crippen LogP contribution is 2.47. The Kier molecular flexibility index (Phi) is 7.43. The molecule has 0 amide bonds. The Morgan fingerprint density at radius 3 is 1.79 bits per heavy atom. The van der Waals surface area contributed by atoms with E-state index in [1.807, 2.05) is 11.3 Å². The Morgan fingerprint density at radius 2 is 1.00 bits per heavy atom. The number of nitrogens with zero attached hydrogens (tertiary/aromatic N) is 2. The predicted octanol–water partition coefficient (Wildman–Crippen LogP) is 14.3. The molecule has 13 aromatic rings. The van der Waals surface area contributed by atoms with Gasteiger partial charge in [-0.3, -0.25) is 0 Å². The third-order valence-electron chi connectivity index (χ3n) is 14.0. The van der Waals surface area contributed by atoms with Crippen LogP contribution in [-0.2, 0) is 0 Å². The van der Waals surface area contributed by atoms with Gasteiger partial charge in [-0.2, -0.15) is 0 Å². The third kappa shape index (κ3) is 4.99. The highest BCUT2D eigenvalue weighted by atomic mass is 32.1. The molecule has 2 aliphatic rings. The van der Waals surface area contributed by atoms with E-state index in [-0.39, 0.29) is 6.71 Å².